The molecule has 0 amide bonds. The number of benzene rings is 9. The molecule has 1 aliphatic rings. The van der Waals surface area contributed by atoms with E-state index in [0.717, 1.165) is 71.4 Å². The van der Waals surface area contributed by atoms with Gasteiger partial charge in [0.25, 0.3) is 0 Å². The second-order valence-electron chi connectivity index (χ2n) is 17.9. The molecule has 0 N–H and O–H groups in total. The quantitative estimate of drug-likeness (QED) is 0.0696. The Balaban J connectivity index is 0.00000480. The zero-order valence-electron chi connectivity index (χ0n) is 37.6. The fraction of sp³-hybridized carbons (Fsp3) is 0. The molecule has 0 spiro atoms. The van der Waals surface area contributed by atoms with Crippen LogP contribution in [0.4, 0.5) is 0 Å². The van der Waals surface area contributed by atoms with E-state index >= 15 is 0 Å². The van der Waals surface area contributed by atoms with Gasteiger partial charge in [-0.25, -0.2) is 4.98 Å². The molecule has 332 valence electrons. The number of rotatable bonds is 7. The summed E-state index contributed by atoms with van der Waals surface area (Å²) >= 11 is 0. The molecule has 0 saturated carbocycles. The van der Waals surface area contributed by atoms with Crippen LogP contribution in [0.25, 0.3) is 54.9 Å². The largest absolute Gasteiger partial charge is 2.00 e. The van der Waals surface area contributed by atoms with Gasteiger partial charge in [-0.2, -0.15) is 23.4 Å². The van der Waals surface area contributed by atoms with Gasteiger partial charge in [-0.1, -0.05) is 186 Å². The molecule has 0 atom stereocenters. The van der Waals surface area contributed by atoms with Crippen LogP contribution >= 0.6 is 0 Å². The monoisotopic (exact) mass is 1110 g/mol. The number of ether oxygens (including phenoxy) is 1. The Morgan fingerprint density at radius 3 is 1.79 bits per heavy atom. The van der Waals surface area contributed by atoms with E-state index in [2.05, 4.69) is 246 Å². The SMILES string of the molecule is [Pt+2].[c-]1c([Si](c2[c-]c3c(cc2)c2c4c(ccc2n3-c2ccccn2)[Si](c2ccccc2)(c2ccccc2)c2ccccc2O4)(c2ccccc2)c2ccccc2)ccc2c1c1nccn1c1ccccc21. The molecule has 5 nitrogen and oxygen atoms in total. The molecule has 70 heavy (non-hydrogen) atoms. The summed E-state index contributed by atoms with van der Waals surface area (Å²) in [6.45, 7) is 0. The van der Waals surface area contributed by atoms with Crippen molar-refractivity contribution in [2.24, 2.45) is 0 Å². The minimum Gasteiger partial charge on any atom is -0.458 e. The van der Waals surface area contributed by atoms with E-state index in [1.807, 2.05) is 18.5 Å². The first-order valence-electron chi connectivity index (χ1n) is 23.4. The predicted molar refractivity (Wildman–Crippen MR) is 287 cm³/mol. The first-order valence-corrected chi connectivity index (χ1v) is 27.4. The van der Waals surface area contributed by atoms with Gasteiger partial charge >= 0.3 is 21.1 Å². The van der Waals surface area contributed by atoms with Crippen LogP contribution in [0.1, 0.15) is 0 Å². The van der Waals surface area contributed by atoms with Crippen LogP contribution in [0.5, 0.6) is 11.5 Å². The molecule has 4 aromatic heterocycles. The Morgan fingerprint density at radius 1 is 0.471 bits per heavy atom. The van der Waals surface area contributed by atoms with Crippen molar-refractivity contribution in [1.29, 1.82) is 0 Å². The summed E-state index contributed by atoms with van der Waals surface area (Å²) in [7, 11) is -6.18. The Kier molecular flexibility index (Phi) is 10.0. The second-order valence-corrected chi connectivity index (χ2v) is 25.3. The van der Waals surface area contributed by atoms with Crippen molar-refractivity contribution in [3.05, 3.63) is 255 Å². The van der Waals surface area contributed by atoms with Crippen LogP contribution in [0.2, 0.25) is 0 Å². The summed E-state index contributed by atoms with van der Waals surface area (Å²) < 4.78 is 11.8. The zero-order valence-corrected chi connectivity index (χ0v) is 41.9. The summed E-state index contributed by atoms with van der Waals surface area (Å²) in [5, 5.41) is 15.2. The Labute approximate surface area is 421 Å². The van der Waals surface area contributed by atoms with Gasteiger partial charge in [-0.15, -0.1) is 28.8 Å². The molecule has 8 heteroatoms. The van der Waals surface area contributed by atoms with Gasteiger partial charge in [-0.05, 0) is 72.2 Å². The van der Waals surface area contributed by atoms with Crippen molar-refractivity contribution < 1.29 is 25.8 Å². The van der Waals surface area contributed by atoms with Crippen molar-refractivity contribution in [3.63, 3.8) is 0 Å². The van der Waals surface area contributed by atoms with Crippen molar-refractivity contribution in [2.75, 3.05) is 0 Å². The molecule has 13 aromatic rings. The normalized spacial score (nSPS) is 13.0. The average molecular weight is 1110 g/mol. The number of imidazole rings is 1. The van der Waals surface area contributed by atoms with E-state index in [9.17, 15) is 0 Å². The summed E-state index contributed by atoms with van der Waals surface area (Å²) in [5.41, 5.74) is 3.96. The van der Waals surface area contributed by atoms with Crippen LogP contribution < -0.4 is 46.2 Å². The van der Waals surface area contributed by atoms with E-state index in [4.69, 9.17) is 14.7 Å². The standard InChI is InChI=1S/C62H40N4OSi2.Pt/c1-5-19-43(20-6-1)68(44-21-7-2-8-22-44,47-32-34-49-50-27-13-14-28-53(50)65-40-39-64-62(65)52(49)41-47)48-33-35-51-55(42-48)66(59-31-17-18-38-63-59)54-36-37-58-61(60(51)54)67-56-29-15-16-30-57(56)69(58,45-23-9-3-10-24-45)46-25-11-4-12-26-46;/h1-40H;/q-2;+2. The van der Waals surface area contributed by atoms with Crippen LogP contribution in [-0.2, 0) is 21.1 Å². The smallest absolute Gasteiger partial charge is 0.458 e. The van der Waals surface area contributed by atoms with Crippen LogP contribution in [0, 0.1) is 12.1 Å². The molecule has 0 radical (unpaired) electrons. The summed E-state index contributed by atoms with van der Waals surface area (Å²) in [5.74, 6) is 2.59. The third-order valence-electron chi connectivity index (χ3n) is 14.5. The minimum absolute atomic E-state index is 0. The third-order valence-corrected chi connectivity index (χ3v) is 23.9. The molecule has 0 bridgehead atoms. The van der Waals surface area contributed by atoms with Gasteiger partial charge in [0.2, 0.25) is 0 Å². The fourth-order valence-electron chi connectivity index (χ4n) is 11.6. The van der Waals surface area contributed by atoms with Crippen molar-refractivity contribution in [2.45, 2.75) is 0 Å². The van der Waals surface area contributed by atoms with Gasteiger partial charge in [-0.3, -0.25) is 4.98 Å². The van der Waals surface area contributed by atoms with Gasteiger partial charge in [0.1, 0.15) is 25.4 Å². The molecule has 14 rings (SSSR count). The predicted octanol–water partition coefficient (Wildman–Crippen LogP) is 8.59. The van der Waals surface area contributed by atoms with Gasteiger partial charge in [0, 0.05) is 29.6 Å². The number of hydrogen-bond donors (Lipinski definition) is 0. The fourth-order valence-corrected chi connectivity index (χ4v) is 21.1. The van der Waals surface area contributed by atoms with E-state index in [1.165, 1.54) is 36.5 Å². The van der Waals surface area contributed by atoms with Gasteiger partial charge in [0.05, 0.1) is 5.65 Å². The van der Waals surface area contributed by atoms with Crippen LogP contribution in [-0.4, -0.2) is 35.1 Å². The Hall–Kier alpha value is -7.94. The molecular formula is C62H40N4OPtSi2. The molecule has 0 saturated heterocycles. The third kappa shape index (κ3) is 5.99. The van der Waals surface area contributed by atoms with Crippen molar-refractivity contribution in [3.8, 4) is 17.3 Å². The number of nitrogens with zero attached hydrogens (tertiary/aromatic N) is 4. The van der Waals surface area contributed by atoms with Crippen molar-refractivity contribution >= 4 is 107 Å². The first kappa shape index (κ1) is 42.2. The van der Waals surface area contributed by atoms with E-state index in [0.29, 0.717) is 0 Å². The molecule has 0 aliphatic carbocycles. The van der Waals surface area contributed by atoms with Crippen molar-refractivity contribution in [1.82, 2.24) is 18.9 Å². The summed E-state index contributed by atoms with van der Waals surface area (Å²) in [6.07, 6.45) is 5.83. The summed E-state index contributed by atoms with van der Waals surface area (Å²) in [4.78, 5) is 10.0. The maximum Gasteiger partial charge on any atom is 2.00 e. The maximum atomic E-state index is 7.33. The van der Waals surface area contributed by atoms with E-state index in [-0.39, 0.29) is 21.1 Å². The number of fused-ring (bicyclic) bond motifs is 12. The number of pyridine rings is 2. The van der Waals surface area contributed by atoms with E-state index < -0.39 is 16.1 Å². The maximum absolute atomic E-state index is 7.33. The Morgan fingerprint density at radius 2 is 1.09 bits per heavy atom. The molecular weight excluding hydrogens is 1070 g/mol. The average Bonchev–Trinajstić information content (AvgIpc) is 4.06. The van der Waals surface area contributed by atoms with Gasteiger partial charge in [0.15, 0.2) is 8.07 Å². The molecule has 9 aromatic carbocycles. The Bertz CT molecular complexity index is 4030. The van der Waals surface area contributed by atoms with Gasteiger partial charge < -0.3 is 13.7 Å². The second kappa shape index (κ2) is 16.6. The first-order chi connectivity index (χ1) is 34.2. The zero-order chi connectivity index (χ0) is 45.5. The number of aromatic nitrogens is 4. The molecule has 1 aliphatic heterocycles. The van der Waals surface area contributed by atoms with Crippen LogP contribution in [0.15, 0.2) is 243 Å². The molecule has 5 heterocycles. The molecule has 0 fully saturated rings. The minimum atomic E-state index is -3.24. The van der Waals surface area contributed by atoms with Crippen LogP contribution in [0.3, 0.4) is 0 Å². The summed E-state index contributed by atoms with van der Waals surface area (Å²) in [6, 6.07) is 90.0. The molecule has 0 unspecified atom stereocenters. The number of para-hydroxylation sites is 2. The van der Waals surface area contributed by atoms with E-state index in [1.54, 1.807) is 0 Å². The topological polar surface area (TPSA) is 44.3 Å². The number of hydrogen-bond acceptors (Lipinski definition) is 3.